The molecule has 0 aliphatic carbocycles. The number of methoxy groups -OCH3 is 1. The Morgan fingerprint density at radius 3 is 2.24 bits per heavy atom. The summed E-state index contributed by atoms with van der Waals surface area (Å²) in [7, 11) is -2.24. The van der Waals surface area contributed by atoms with E-state index < -0.39 is 10.0 Å². The molecule has 0 bridgehead atoms. The first kappa shape index (κ1) is 24.6. The Hall–Kier alpha value is -3.04. The lowest BCUT2D eigenvalue weighted by atomic mass is 10.2. The molecule has 7 nitrogen and oxygen atoms in total. The zero-order valence-corrected chi connectivity index (χ0v) is 20.7. The molecule has 2 N–H and O–H groups in total. The lowest BCUT2D eigenvalue weighted by Crippen LogP contribution is -2.14. The third-order valence-electron chi connectivity index (χ3n) is 4.71. The van der Waals surface area contributed by atoms with Crippen molar-refractivity contribution in [3.05, 3.63) is 76.8 Å². The summed E-state index contributed by atoms with van der Waals surface area (Å²) in [6.45, 7) is 2.70. The highest BCUT2D eigenvalue weighted by molar-refractivity contribution is 9.10. The minimum atomic E-state index is -3.77. The fraction of sp³-hybridized carbons (Fsp3) is 0.208. The van der Waals surface area contributed by atoms with Crippen LogP contribution in [-0.2, 0) is 10.0 Å². The number of ether oxygens (including phenoxy) is 2. The zero-order valence-electron chi connectivity index (χ0n) is 18.3. The van der Waals surface area contributed by atoms with Crippen LogP contribution in [0.5, 0.6) is 11.5 Å². The van der Waals surface area contributed by atoms with Gasteiger partial charge in [-0.1, -0.05) is 13.3 Å². The molecule has 0 heterocycles. The molecule has 0 saturated carbocycles. The summed E-state index contributed by atoms with van der Waals surface area (Å²) in [5.74, 6) is 0.991. The lowest BCUT2D eigenvalue weighted by molar-refractivity contribution is 0.102. The van der Waals surface area contributed by atoms with Gasteiger partial charge in [0.1, 0.15) is 11.5 Å². The van der Waals surface area contributed by atoms with Gasteiger partial charge in [0.15, 0.2) is 0 Å². The maximum atomic E-state index is 12.6. The SMILES string of the molecule is CCCCOc1ccc(C(=O)Nc2ccc(S(=O)(=O)Nc3ccc(OC)cc3)cc2)cc1Br. The van der Waals surface area contributed by atoms with Crippen molar-refractivity contribution in [1.29, 1.82) is 0 Å². The topological polar surface area (TPSA) is 93.7 Å². The van der Waals surface area contributed by atoms with Crippen molar-refractivity contribution in [3.8, 4) is 11.5 Å². The van der Waals surface area contributed by atoms with Crippen LogP contribution in [0, 0.1) is 0 Å². The molecule has 1 amide bonds. The summed E-state index contributed by atoms with van der Waals surface area (Å²) < 4.78 is 39.2. The Bertz CT molecular complexity index is 1200. The fourth-order valence-corrected chi connectivity index (χ4v) is 4.43. The maximum Gasteiger partial charge on any atom is 0.261 e. The van der Waals surface area contributed by atoms with E-state index in [0.717, 1.165) is 12.8 Å². The van der Waals surface area contributed by atoms with E-state index in [0.29, 0.717) is 39.5 Å². The van der Waals surface area contributed by atoms with Crippen molar-refractivity contribution in [3.63, 3.8) is 0 Å². The Balaban J connectivity index is 1.64. The number of rotatable bonds is 10. The predicted molar refractivity (Wildman–Crippen MR) is 133 cm³/mol. The van der Waals surface area contributed by atoms with Gasteiger partial charge in [-0.05, 0) is 89.1 Å². The van der Waals surface area contributed by atoms with E-state index in [1.165, 1.54) is 31.4 Å². The van der Waals surface area contributed by atoms with Crippen molar-refractivity contribution in [2.75, 3.05) is 23.8 Å². The summed E-state index contributed by atoms with van der Waals surface area (Å²) in [6, 6.07) is 17.6. The average molecular weight is 533 g/mol. The van der Waals surface area contributed by atoms with Crippen molar-refractivity contribution in [1.82, 2.24) is 0 Å². The number of carbonyl (C=O) groups is 1. The summed E-state index contributed by atoms with van der Waals surface area (Å²) in [4.78, 5) is 12.7. The van der Waals surface area contributed by atoms with Gasteiger partial charge < -0.3 is 14.8 Å². The summed E-state index contributed by atoms with van der Waals surface area (Å²) in [5.41, 5.74) is 1.34. The van der Waals surface area contributed by atoms with Gasteiger partial charge in [-0.25, -0.2) is 8.42 Å². The molecule has 0 spiro atoms. The first-order chi connectivity index (χ1) is 15.8. The number of sulfonamides is 1. The van der Waals surface area contributed by atoms with Crippen molar-refractivity contribution in [2.45, 2.75) is 24.7 Å². The van der Waals surface area contributed by atoms with Gasteiger partial charge in [-0.2, -0.15) is 0 Å². The maximum absolute atomic E-state index is 12.6. The fourth-order valence-electron chi connectivity index (χ4n) is 2.88. The molecule has 33 heavy (non-hydrogen) atoms. The Morgan fingerprint density at radius 2 is 1.64 bits per heavy atom. The largest absolute Gasteiger partial charge is 0.497 e. The summed E-state index contributed by atoms with van der Waals surface area (Å²) in [6.07, 6.45) is 1.99. The molecule has 0 atom stereocenters. The van der Waals surface area contributed by atoms with Gasteiger partial charge in [0.2, 0.25) is 0 Å². The molecular formula is C24H25BrN2O5S. The number of nitrogens with one attached hydrogen (secondary N) is 2. The van der Waals surface area contributed by atoms with E-state index in [4.69, 9.17) is 9.47 Å². The molecule has 0 radical (unpaired) electrons. The molecule has 0 fully saturated rings. The standard InChI is InChI=1S/C24H25BrN2O5S/c1-3-4-15-32-23-14-5-17(16-22(23)25)24(28)26-18-8-12-21(13-9-18)33(29,30)27-19-6-10-20(31-2)11-7-19/h5-14,16,27H,3-4,15H2,1-2H3,(H,26,28). The monoisotopic (exact) mass is 532 g/mol. The molecule has 174 valence electrons. The van der Waals surface area contributed by atoms with Crippen LogP contribution in [0.25, 0.3) is 0 Å². The average Bonchev–Trinajstić information content (AvgIpc) is 2.81. The highest BCUT2D eigenvalue weighted by Crippen LogP contribution is 2.27. The molecule has 3 aromatic rings. The van der Waals surface area contributed by atoms with Gasteiger partial charge in [0.05, 0.1) is 23.1 Å². The molecule has 0 unspecified atom stereocenters. The van der Waals surface area contributed by atoms with Crippen LogP contribution in [0.2, 0.25) is 0 Å². The van der Waals surface area contributed by atoms with Crippen LogP contribution in [0.15, 0.2) is 76.1 Å². The molecule has 0 saturated heterocycles. The van der Waals surface area contributed by atoms with E-state index >= 15 is 0 Å². The molecular weight excluding hydrogens is 508 g/mol. The van der Waals surface area contributed by atoms with Gasteiger partial charge >= 0.3 is 0 Å². The number of benzene rings is 3. The second-order valence-electron chi connectivity index (χ2n) is 7.16. The molecule has 3 rings (SSSR count). The first-order valence-corrected chi connectivity index (χ1v) is 12.6. The molecule has 9 heteroatoms. The number of hydrogen-bond acceptors (Lipinski definition) is 5. The van der Waals surface area contributed by atoms with Gasteiger partial charge in [0.25, 0.3) is 15.9 Å². The Kier molecular flexibility index (Phi) is 8.35. The number of unbranched alkanes of at least 4 members (excludes halogenated alkanes) is 1. The Labute approximate surface area is 202 Å². The first-order valence-electron chi connectivity index (χ1n) is 10.3. The highest BCUT2D eigenvalue weighted by atomic mass is 79.9. The second-order valence-corrected chi connectivity index (χ2v) is 9.70. The Morgan fingerprint density at radius 1 is 0.970 bits per heavy atom. The smallest absolute Gasteiger partial charge is 0.261 e. The van der Waals surface area contributed by atoms with Gasteiger partial charge in [-0.15, -0.1) is 0 Å². The predicted octanol–water partition coefficient (Wildman–Crippen LogP) is 5.69. The van der Waals surface area contributed by atoms with Gasteiger partial charge in [-0.3, -0.25) is 9.52 Å². The number of halogens is 1. The van der Waals surface area contributed by atoms with Crippen LogP contribution in [0.3, 0.4) is 0 Å². The van der Waals surface area contributed by atoms with E-state index in [-0.39, 0.29) is 10.8 Å². The third kappa shape index (κ3) is 6.72. The second kappa shape index (κ2) is 11.2. The number of anilines is 2. The lowest BCUT2D eigenvalue weighted by Gasteiger charge is -2.11. The van der Waals surface area contributed by atoms with Crippen LogP contribution in [0.4, 0.5) is 11.4 Å². The van der Waals surface area contributed by atoms with Crippen LogP contribution >= 0.6 is 15.9 Å². The molecule has 0 aromatic heterocycles. The third-order valence-corrected chi connectivity index (χ3v) is 6.73. The van der Waals surface area contributed by atoms with Crippen LogP contribution < -0.4 is 19.5 Å². The van der Waals surface area contributed by atoms with Gasteiger partial charge in [0, 0.05) is 16.9 Å². The van der Waals surface area contributed by atoms with E-state index in [2.05, 4.69) is 32.9 Å². The zero-order chi connectivity index (χ0) is 23.8. The minimum absolute atomic E-state index is 0.0765. The molecule has 3 aromatic carbocycles. The number of carbonyl (C=O) groups excluding carboxylic acids is 1. The highest BCUT2D eigenvalue weighted by Gasteiger charge is 2.15. The molecule has 0 aliphatic heterocycles. The quantitative estimate of drug-likeness (QED) is 0.327. The van der Waals surface area contributed by atoms with Crippen molar-refractivity contribution >= 4 is 43.2 Å². The van der Waals surface area contributed by atoms with E-state index in [9.17, 15) is 13.2 Å². The minimum Gasteiger partial charge on any atom is -0.497 e. The van der Waals surface area contributed by atoms with Crippen LogP contribution in [-0.4, -0.2) is 28.0 Å². The summed E-state index contributed by atoms with van der Waals surface area (Å²) >= 11 is 3.43. The number of amides is 1. The number of hydrogen-bond donors (Lipinski definition) is 2. The van der Waals surface area contributed by atoms with Crippen LogP contribution in [0.1, 0.15) is 30.1 Å². The van der Waals surface area contributed by atoms with E-state index in [1.807, 2.05) is 0 Å². The van der Waals surface area contributed by atoms with Crippen molar-refractivity contribution in [2.24, 2.45) is 0 Å². The van der Waals surface area contributed by atoms with E-state index in [1.54, 1.807) is 42.5 Å². The normalized spacial score (nSPS) is 11.0. The van der Waals surface area contributed by atoms with Crippen molar-refractivity contribution < 1.29 is 22.7 Å². The summed E-state index contributed by atoms with van der Waals surface area (Å²) in [5, 5.41) is 2.77. The molecule has 0 aliphatic rings.